The first-order chi connectivity index (χ1) is 10.9. The Bertz CT molecular complexity index is 722. The zero-order valence-corrected chi connectivity index (χ0v) is 12.7. The Hall–Kier alpha value is -3.02. The van der Waals surface area contributed by atoms with Gasteiger partial charge >= 0.3 is 5.97 Å². The van der Waals surface area contributed by atoms with Gasteiger partial charge in [-0.2, -0.15) is 0 Å². The van der Waals surface area contributed by atoms with Gasteiger partial charge in [-0.3, -0.25) is 4.79 Å². The molecule has 2 rings (SSSR count). The number of phenols is 1. The fraction of sp³-hybridized carbons (Fsp3) is 0.176. The lowest BCUT2D eigenvalue weighted by Gasteiger charge is -2.10. The molecule has 23 heavy (non-hydrogen) atoms. The van der Waals surface area contributed by atoms with Crippen molar-refractivity contribution in [3.63, 3.8) is 0 Å². The van der Waals surface area contributed by atoms with E-state index in [1.807, 2.05) is 13.8 Å². The molecule has 0 unspecified atom stereocenters. The molecule has 120 valence electrons. The van der Waals surface area contributed by atoms with Gasteiger partial charge in [-0.05, 0) is 56.3 Å². The minimum absolute atomic E-state index is 0.0427. The standard InChI is InChI=1S/C17H17NO5/c1-10(2)23-13-6-3-11(4-7-13)16(20)18-12-5-8-15(19)14(9-12)17(21)22/h3-10,19H,1-2H3,(H,18,20)(H,21,22). The van der Waals surface area contributed by atoms with Crippen molar-refractivity contribution in [2.24, 2.45) is 0 Å². The van der Waals surface area contributed by atoms with Crippen LogP contribution in [0.5, 0.6) is 11.5 Å². The number of rotatable bonds is 5. The summed E-state index contributed by atoms with van der Waals surface area (Å²) >= 11 is 0. The summed E-state index contributed by atoms with van der Waals surface area (Å²) in [4.78, 5) is 23.1. The molecule has 0 aliphatic carbocycles. The fourth-order valence-corrected chi connectivity index (χ4v) is 1.95. The summed E-state index contributed by atoms with van der Waals surface area (Å²) in [5.41, 5.74) is 0.419. The molecule has 0 bridgehead atoms. The summed E-state index contributed by atoms with van der Waals surface area (Å²) in [5.74, 6) is -1.35. The molecule has 3 N–H and O–H groups in total. The molecule has 2 aromatic carbocycles. The minimum Gasteiger partial charge on any atom is -0.507 e. The van der Waals surface area contributed by atoms with Gasteiger partial charge in [-0.15, -0.1) is 0 Å². The normalized spacial score (nSPS) is 10.4. The van der Waals surface area contributed by atoms with E-state index in [9.17, 15) is 14.7 Å². The maximum atomic E-state index is 12.2. The van der Waals surface area contributed by atoms with Crippen molar-refractivity contribution in [3.8, 4) is 11.5 Å². The first-order valence-electron chi connectivity index (χ1n) is 7.01. The van der Waals surface area contributed by atoms with E-state index < -0.39 is 5.97 Å². The van der Waals surface area contributed by atoms with E-state index in [1.54, 1.807) is 24.3 Å². The number of amides is 1. The second-order valence-electron chi connectivity index (χ2n) is 5.18. The van der Waals surface area contributed by atoms with E-state index in [-0.39, 0.29) is 29.0 Å². The largest absolute Gasteiger partial charge is 0.507 e. The molecule has 0 aromatic heterocycles. The second kappa shape index (κ2) is 6.83. The zero-order valence-electron chi connectivity index (χ0n) is 12.7. The number of benzene rings is 2. The Balaban J connectivity index is 2.13. The van der Waals surface area contributed by atoms with Crippen LogP contribution in [-0.2, 0) is 0 Å². The Kier molecular flexibility index (Phi) is 4.85. The number of carboxylic acid groups (broad SMARTS) is 1. The van der Waals surface area contributed by atoms with Crippen molar-refractivity contribution in [1.82, 2.24) is 0 Å². The van der Waals surface area contributed by atoms with Gasteiger partial charge in [0.2, 0.25) is 0 Å². The number of ether oxygens (including phenoxy) is 1. The molecule has 1 amide bonds. The van der Waals surface area contributed by atoms with Gasteiger partial charge in [0.1, 0.15) is 17.1 Å². The second-order valence-corrected chi connectivity index (χ2v) is 5.18. The predicted octanol–water partition coefficient (Wildman–Crippen LogP) is 3.13. The SMILES string of the molecule is CC(C)Oc1ccc(C(=O)Nc2ccc(O)c(C(=O)O)c2)cc1. The molecule has 0 radical (unpaired) electrons. The van der Waals surface area contributed by atoms with Crippen LogP contribution in [0.4, 0.5) is 5.69 Å². The summed E-state index contributed by atoms with van der Waals surface area (Å²) in [6, 6.07) is 10.5. The summed E-state index contributed by atoms with van der Waals surface area (Å²) in [6.45, 7) is 3.82. The van der Waals surface area contributed by atoms with Gasteiger partial charge in [-0.1, -0.05) is 0 Å². The van der Waals surface area contributed by atoms with E-state index in [0.29, 0.717) is 11.3 Å². The van der Waals surface area contributed by atoms with Crippen molar-refractivity contribution in [2.45, 2.75) is 20.0 Å². The van der Waals surface area contributed by atoms with Gasteiger partial charge in [-0.25, -0.2) is 4.79 Å². The van der Waals surface area contributed by atoms with Gasteiger partial charge in [0.15, 0.2) is 0 Å². The predicted molar refractivity (Wildman–Crippen MR) is 85.2 cm³/mol. The van der Waals surface area contributed by atoms with Gasteiger partial charge < -0.3 is 20.3 Å². The summed E-state index contributed by atoms with van der Waals surface area (Å²) < 4.78 is 5.50. The van der Waals surface area contributed by atoms with Crippen LogP contribution in [0, 0.1) is 0 Å². The van der Waals surface area contributed by atoms with Crippen LogP contribution >= 0.6 is 0 Å². The van der Waals surface area contributed by atoms with Crippen molar-refractivity contribution >= 4 is 17.6 Å². The highest BCUT2D eigenvalue weighted by molar-refractivity contribution is 6.05. The van der Waals surface area contributed by atoms with Crippen LogP contribution in [0.15, 0.2) is 42.5 Å². The van der Waals surface area contributed by atoms with E-state index >= 15 is 0 Å². The van der Waals surface area contributed by atoms with E-state index in [4.69, 9.17) is 9.84 Å². The van der Waals surface area contributed by atoms with Gasteiger partial charge in [0.25, 0.3) is 5.91 Å². The lowest BCUT2D eigenvalue weighted by Crippen LogP contribution is -2.12. The molecular formula is C17H17NO5. The number of aromatic hydroxyl groups is 1. The van der Waals surface area contributed by atoms with E-state index in [0.717, 1.165) is 0 Å². The number of hydrogen-bond donors (Lipinski definition) is 3. The number of carbonyl (C=O) groups excluding carboxylic acids is 1. The highest BCUT2D eigenvalue weighted by Crippen LogP contribution is 2.22. The lowest BCUT2D eigenvalue weighted by atomic mass is 10.1. The van der Waals surface area contributed by atoms with Crippen LogP contribution < -0.4 is 10.1 Å². The molecule has 0 aliphatic heterocycles. The molecule has 6 heteroatoms. The number of anilines is 1. The highest BCUT2D eigenvalue weighted by atomic mass is 16.5. The zero-order chi connectivity index (χ0) is 17.0. The average Bonchev–Trinajstić information content (AvgIpc) is 2.49. The third kappa shape index (κ3) is 4.23. The van der Waals surface area contributed by atoms with Crippen molar-refractivity contribution in [3.05, 3.63) is 53.6 Å². The Morgan fingerprint density at radius 1 is 1.09 bits per heavy atom. The van der Waals surface area contributed by atoms with Crippen LogP contribution in [0.2, 0.25) is 0 Å². The molecule has 0 fully saturated rings. The molecular weight excluding hydrogens is 298 g/mol. The summed E-state index contributed by atoms with van der Waals surface area (Å²) in [5, 5.41) is 21.0. The Morgan fingerprint density at radius 2 is 1.74 bits per heavy atom. The summed E-state index contributed by atoms with van der Waals surface area (Å²) in [7, 11) is 0. The monoisotopic (exact) mass is 315 g/mol. The van der Waals surface area contributed by atoms with Gasteiger partial charge in [0, 0.05) is 11.3 Å². The topological polar surface area (TPSA) is 95.9 Å². The number of aromatic carboxylic acids is 1. The third-order valence-electron chi connectivity index (χ3n) is 2.97. The van der Waals surface area contributed by atoms with Crippen LogP contribution in [0.1, 0.15) is 34.6 Å². The van der Waals surface area contributed by atoms with E-state index in [2.05, 4.69) is 5.32 Å². The maximum Gasteiger partial charge on any atom is 0.339 e. The summed E-state index contributed by atoms with van der Waals surface area (Å²) in [6.07, 6.45) is 0.0427. The van der Waals surface area contributed by atoms with Crippen molar-refractivity contribution in [2.75, 3.05) is 5.32 Å². The van der Waals surface area contributed by atoms with Crippen LogP contribution in [0.25, 0.3) is 0 Å². The fourth-order valence-electron chi connectivity index (χ4n) is 1.95. The first-order valence-corrected chi connectivity index (χ1v) is 7.01. The number of nitrogens with one attached hydrogen (secondary N) is 1. The minimum atomic E-state index is -1.27. The van der Waals surface area contributed by atoms with Crippen LogP contribution in [-0.4, -0.2) is 28.2 Å². The molecule has 0 atom stereocenters. The quantitative estimate of drug-likeness (QED) is 0.737. The molecule has 0 saturated heterocycles. The number of carbonyl (C=O) groups is 2. The number of hydrogen-bond acceptors (Lipinski definition) is 4. The molecule has 0 aliphatic rings. The van der Waals surface area contributed by atoms with Crippen LogP contribution in [0.3, 0.4) is 0 Å². The molecule has 0 saturated carbocycles. The molecule has 2 aromatic rings. The van der Waals surface area contributed by atoms with Crippen molar-refractivity contribution in [1.29, 1.82) is 0 Å². The lowest BCUT2D eigenvalue weighted by molar-refractivity contribution is 0.0693. The maximum absolute atomic E-state index is 12.2. The Labute approximate surface area is 133 Å². The van der Waals surface area contributed by atoms with Gasteiger partial charge in [0.05, 0.1) is 6.10 Å². The molecule has 0 heterocycles. The smallest absolute Gasteiger partial charge is 0.339 e. The number of carboxylic acids is 1. The average molecular weight is 315 g/mol. The van der Waals surface area contributed by atoms with Crippen molar-refractivity contribution < 1.29 is 24.5 Å². The highest BCUT2D eigenvalue weighted by Gasteiger charge is 2.12. The first kappa shape index (κ1) is 16.4. The molecule has 6 nitrogen and oxygen atoms in total. The Morgan fingerprint density at radius 3 is 2.30 bits per heavy atom. The van der Waals surface area contributed by atoms with E-state index in [1.165, 1.54) is 18.2 Å². The third-order valence-corrected chi connectivity index (χ3v) is 2.97. The molecule has 0 spiro atoms.